The van der Waals surface area contributed by atoms with Crippen molar-refractivity contribution in [1.82, 2.24) is 4.90 Å². The first-order valence-corrected chi connectivity index (χ1v) is 7.84. The summed E-state index contributed by atoms with van der Waals surface area (Å²) >= 11 is 0. The smallest absolute Gasteiger partial charge is 0.263 e. The quantitative estimate of drug-likeness (QED) is 0.671. The van der Waals surface area contributed by atoms with E-state index in [2.05, 4.69) is 0 Å². The van der Waals surface area contributed by atoms with Crippen molar-refractivity contribution in [1.29, 1.82) is 0 Å². The molecule has 4 rings (SSSR count). The van der Waals surface area contributed by atoms with Gasteiger partial charge in [0.1, 0.15) is 0 Å². The maximum absolute atomic E-state index is 12.7. The highest BCUT2D eigenvalue weighted by Crippen LogP contribution is 2.51. The van der Waals surface area contributed by atoms with Gasteiger partial charge >= 0.3 is 0 Å². The van der Waals surface area contributed by atoms with Crippen LogP contribution >= 0.6 is 0 Å². The van der Waals surface area contributed by atoms with Crippen LogP contribution in [0.3, 0.4) is 0 Å². The molecule has 1 aromatic carbocycles. The van der Waals surface area contributed by atoms with E-state index >= 15 is 0 Å². The maximum Gasteiger partial charge on any atom is 0.263 e. The van der Waals surface area contributed by atoms with Gasteiger partial charge in [-0.1, -0.05) is 12.5 Å². The monoisotopic (exact) mass is 284 g/mol. The molecule has 4 heteroatoms. The average Bonchev–Trinajstić information content (AvgIpc) is 3.14. The van der Waals surface area contributed by atoms with E-state index in [1.807, 2.05) is 6.92 Å². The van der Waals surface area contributed by atoms with Gasteiger partial charge in [-0.3, -0.25) is 14.5 Å². The fourth-order valence-electron chi connectivity index (χ4n) is 4.78. The van der Waals surface area contributed by atoms with Crippen LogP contribution in [-0.4, -0.2) is 22.8 Å². The lowest BCUT2D eigenvalue weighted by Crippen LogP contribution is -2.44. The number of imide groups is 1. The second kappa shape index (κ2) is 4.33. The summed E-state index contributed by atoms with van der Waals surface area (Å²) in [6, 6.07) is 5.12. The summed E-state index contributed by atoms with van der Waals surface area (Å²) < 4.78 is 0. The molecule has 0 saturated heterocycles. The fraction of sp³-hybridized carbons (Fsp3) is 0.529. The van der Waals surface area contributed by atoms with Gasteiger partial charge in [0.05, 0.1) is 11.1 Å². The second-order valence-corrected chi connectivity index (χ2v) is 6.83. The number of nitrogens with zero attached hydrogens (tertiary/aromatic N) is 1. The SMILES string of the molecule is CC(C1CC2CCC1C2)N1C(=O)c2cccc(N)c2C1=O. The topological polar surface area (TPSA) is 63.4 Å². The van der Waals surface area contributed by atoms with Crippen molar-refractivity contribution < 1.29 is 9.59 Å². The van der Waals surface area contributed by atoms with Crippen LogP contribution in [0.1, 0.15) is 53.3 Å². The molecule has 4 atom stereocenters. The van der Waals surface area contributed by atoms with Crippen LogP contribution in [0.2, 0.25) is 0 Å². The number of nitrogens with two attached hydrogens (primary N) is 1. The van der Waals surface area contributed by atoms with E-state index in [1.54, 1.807) is 18.2 Å². The first-order valence-electron chi connectivity index (χ1n) is 7.84. The van der Waals surface area contributed by atoms with E-state index < -0.39 is 0 Å². The summed E-state index contributed by atoms with van der Waals surface area (Å²) in [6.45, 7) is 2.03. The molecule has 2 bridgehead atoms. The molecule has 0 radical (unpaired) electrons. The molecule has 110 valence electrons. The van der Waals surface area contributed by atoms with Crippen molar-refractivity contribution in [2.45, 2.75) is 38.6 Å². The Bertz CT molecular complexity index is 640. The number of rotatable bonds is 2. The first kappa shape index (κ1) is 12.9. The standard InChI is InChI=1S/C17H20N2O2/c1-9(13-8-10-5-6-11(13)7-10)19-16(20)12-3-2-4-14(18)15(12)17(19)21/h2-4,9-11,13H,5-8,18H2,1H3. The third-order valence-electron chi connectivity index (χ3n) is 5.80. The summed E-state index contributed by atoms with van der Waals surface area (Å²) in [5, 5.41) is 0. The van der Waals surface area contributed by atoms with Crippen LogP contribution in [0.25, 0.3) is 0 Å². The molecule has 2 N–H and O–H groups in total. The number of hydrogen-bond donors (Lipinski definition) is 1. The Morgan fingerprint density at radius 3 is 2.62 bits per heavy atom. The highest BCUT2D eigenvalue weighted by molar-refractivity contribution is 6.23. The lowest BCUT2D eigenvalue weighted by Gasteiger charge is -2.33. The highest BCUT2D eigenvalue weighted by atomic mass is 16.2. The van der Waals surface area contributed by atoms with Gasteiger partial charge in [0.25, 0.3) is 11.8 Å². The summed E-state index contributed by atoms with van der Waals surface area (Å²) in [5.74, 6) is 1.59. The van der Waals surface area contributed by atoms with Crippen molar-refractivity contribution in [3.8, 4) is 0 Å². The van der Waals surface area contributed by atoms with Gasteiger partial charge in [-0.25, -0.2) is 0 Å². The van der Waals surface area contributed by atoms with E-state index in [0.717, 1.165) is 12.3 Å². The summed E-state index contributed by atoms with van der Waals surface area (Å²) in [4.78, 5) is 26.7. The van der Waals surface area contributed by atoms with Crippen LogP contribution in [0.15, 0.2) is 18.2 Å². The molecule has 4 unspecified atom stereocenters. The van der Waals surface area contributed by atoms with Gasteiger partial charge in [-0.2, -0.15) is 0 Å². The number of amides is 2. The van der Waals surface area contributed by atoms with Crippen molar-refractivity contribution in [2.24, 2.45) is 17.8 Å². The Kier molecular flexibility index (Phi) is 2.65. The highest BCUT2D eigenvalue weighted by Gasteiger charge is 2.48. The van der Waals surface area contributed by atoms with Crippen LogP contribution in [0, 0.1) is 17.8 Å². The molecule has 2 amide bonds. The van der Waals surface area contributed by atoms with E-state index in [4.69, 9.17) is 5.73 Å². The van der Waals surface area contributed by atoms with Gasteiger partial charge in [0.2, 0.25) is 0 Å². The molecule has 3 aliphatic rings. The van der Waals surface area contributed by atoms with Gasteiger partial charge in [0.15, 0.2) is 0 Å². The number of carbonyl (C=O) groups is 2. The Hall–Kier alpha value is -1.84. The maximum atomic E-state index is 12.7. The minimum absolute atomic E-state index is 0.0212. The Labute approximate surface area is 124 Å². The third kappa shape index (κ3) is 1.68. The van der Waals surface area contributed by atoms with Gasteiger partial charge < -0.3 is 5.73 Å². The van der Waals surface area contributed by atoms with E-state index in [1.165, 1.54) is 24.2 Å². The van der Waals surface area contributed by atoms with Crippen LogP contribution in [0.4, 0.5) is 5.69 Å². The van der Waals surface area contributed by atoms with E-state index in [-0.39, 0.29) is 17.9 Å². The number of hydrogen-bond acceptors (Lipinski definition) is 3. The number of benzene rings is 1. The summed E-state index contributed by atoms with van der Waals surface area (Å²) in [6.07, 6.45) is 5.02. The number of nitrogen functional groups attached to an aromatic ring is 1. The minimum Gasteiger partial charge on any atom is -0.398 e. The normalized spacial score (nSPS) is 31.9. The van der Waals surface area contributed by atoms with Crippen molar-refractivity contribution in [2.75, 3.05) is 5.73 Å². The van der Waals surface area contributed by atoms with Crippen molar-refractivity contribution >= 4 is 17.5 Å². The Morgan fingerprint density at radius 2 is 2.00 bits per heavy atom. The Balaban J connectivity index is 1.66. The zero-order valence-corrected chi connectivity index (χ0v) is 12.2. The zero-order valence-electron chi connectivity index (χ0n) is 12.2. The Morgan fingerprint density at radius 1 is 1.19 bits per heavy atom. The number of anilines is 1. The first-order chi connectivity index (χ1) is 10.1. The zero-order chi connectivity index (χ0) is 14.7. The molecule has 1 aromatic rings. The lowest BCUT2D eigenvalue weighted by atomic mass is 9.83. The largest absolute Gasteiger partial charge is 0.398 e. The second-order valence-electron chi connectivity index (χ2n) is 6.83. The molecule has 1 aliphatic heterocycles. The van der Waals surface area contributed by atoms with Crippen LogP contribution in [-0.2, 0) is 0 Å². The molecule has 4 nitrogen and oxygen atoms in total. The molecule has 2 fully saturated rings. The molecule has 0 aromatic heterocycles. The van der Waals surface area contributed by atoms with Crippen molar-refractivity contribution in [3.05, 3.63) is 29.3 Å². The third-order valence-corrected chi connectivity index (χ3v) is 5.80. The van der Waals surface area contributed by atoms with Gasteiger partial charge in [0, 0.05) is 11.7 Å². The summed E-state index contributed by atoms with van der Waals surface area (Å²) in [7, 11) is 0. The van der Waals surface area contributed by atoms with Crippen LogP contribution in [0.5, 0.6) is 0 Å². The predicted molar refractivity (Wildman–Crippen MR) is 79.8 cm³/mol. The molecule has 21 heavy (non-hydrogen) atoms. The summed E-state index contributed by atoms with van der Waals surface area (Å²) in [5.41, 5.74) is 7.18. The van der Waals surface area contributed by atoms with Crippen LogP contribution < -0.4 is 5.73 Å². The van der Waals surface area contributed by atoms with E-state index in [0.29, 0.717) is 28.7 Å². The fourth-order valence-corrected chi connectivity index (χ4v) is 4.78. The van der Waals surface area contributed by atoms with E-state index in [9.17, 15) is 9.59 Å². The molecular weight excluding hydrogens is 264 g/mol. The molecule has 2 aliphatic carbocycles. The number of fused-ring (bicyclic) bond motifs is 3. The molecular formula is C17H20N2O2. The number of carbonyl (C=O) groups excluding carboxylic acids is 2. The minimum atomic E-state index is -0.205. The predicted octanol–water partition coefficient (Wildman–Crippen LogP) is 2.69. The average molecular weight is 284 g/mol. The molecule has 1 heterocycles. The van der Waals surface area contributed by atoms with Crippen molar-refractivity contribution in [3.63, 3.8) is 0 Å². The molecule has 0 spiro atoms. The lowest BCUT2D eigenvalue weighted by molar-refractivity contribution is 0.0508. The molecule has 2 saturated carbocycles. The van der Waals surface area contributed by atoms with Gasteiger partial charge in [-0.15, -0.1) is 0 Å². The van der Waals surface area contributed by atoms with Gasteiger partial charge in [-0.05, 0) is 56.1 Å².